The van der Waals surface area contributed by atoms with Crippen LogP contribution in [0, 0.1) is 0 Å². The van der Waals surface area contributed by atoms with Crippen molar-refractivity contribution < 1.29 is 9.53 Å². The van der Waals surface area contributed by atoms with Crippen LogP contribution in [0.3, 0.4) is 0 Å². The molecule has 0 N–H and O–H groups in total. The van der Waals surface area contributed by atoms with Crippen molar-refractivity contribution in [1.29, 1.82) is 0 Å². The van der Waals surface area contributed by atoms with Crippen molar-refractivity contribution in [3.8, 4) is 0 Å². The number of nitrogens with zero attached hydrogens (tertiary/aromatic N) is 1. The molecule has 0 amide bonds. The molecule has 3 heteroatoms. The average molecular weight is 247 g/mol. The van der Waals surface area contributed by atoms with Crippen molar-refractivity contribution in [1.82, 2.24) is 4.90 Å². The Labute approximate surface area is 109 Å². The molecule has 1 heterocycles. The highest BCUT2D eigenvalue weighted by molar-refractivity contribution is 5.70. The lowest BCUT2D eigenvalue weighted by Gasteiger charge is -2.27. The highest BCUT2D eigenvalue weighted by Gasteiger charge is 2.25. The summed E-state index contributed by atoms with van der Waals surface area (Å²) in [7, 11) is 0. The van der Waals surface area contributed by atoms with E-state index in [0.29, 0.717) is 13.0 Å². The molecule has 1 saturated heterocycles. The Bertz CT molecular complexity index is 371. The van der Waals surface area contributed by atoms with Gasteiger partial charge in [-0.15, -0.1) is 0 Å². The Hall–Kier alpha value is -1.35. The fraction of sp³-hybridized carbons (Fsp3) is 0.533. The summed E-state index contributed by atoms with van der Waals surface area (Å²) in [4.78, 5) is 14.1. The lowest BCUT2D eigenvalue weighted by Crippen LogP contribution is -2.28. The molecule has 0 aromatic heterocycles. The predicted octanol–water partition coefficient (Wildman–Crippen LogP) is 2.78. The predicted molar refractivity (Wildman–Crippen MR) is 71.2 cm³/mol. The topological polar surface area (TPSA) is 29.5 Å². The summed E-state index contributed by atoms with van der Waals surface area (Å²) in [6.07, 6.45) is 2.91. The first-order valence-electron chi connectivity index (χ1n) is 6.76. The van der Waals surface area contributed by atoms with Crippen LogP contribution in [0.1, 0.15) is 37.8 Å². The zero-order valence-corrected chi connectivity index (χ0v) is 11.0. The van der Waals surface area contributed by atoms with Gasteiger partial charge in [-0.25, -0.2) is 0 Å². The van der Waals surface area contributed by atoms with E-state index in [1.165, 1.54) is 18.4 Å². The smallest absolute Gasteiger partial charge is 0.307 e. The molecule has 0 bridgehead atoms. The molecule has 0 saturated carbocycles. The normalized spacial score (nSPS) is 17.6. The summed E-state index contributed by atoms with van der Waals surface area (Å²) in [5.41, 5.74) is 1.22. The van der Waals surface area contributed by atoms with Crippen molar-refractivity contribution in [2.24, 2.45) is 0 Å². The van der Waals surface area contributed by atoms with E-state index in [-0.39, 0.29) is 12.0 Å². The Morgan fingerprint density at radius 1 is 1.28 bits per heavy atom. The first kappa shape index (κ1) is 13.1. The number of rotatable bonds is 5. The van der Waals surface area contributed by atoms with Gasteiger partial charge in [0.15, 0.2) is 0 Å². The number of carbonyl (C=O) groups excluding carboxylic acids is 1. The Morgan fingerprint density at radius 3 is 2.56 bits per heavy atom. The standard InChI is InChI=1S/C15H21NO2/c1-2-18-15(17)12-14(16-10-6-7-11-16)13-8-4-3-5-9-13/h3-5,8-9,14H,2,6-7,10-12H2,1H3/t14-/m0/s1. The van der Waals surface area contributed by atoms with Crippen LogP contribution in [0.25, 0.3) is 0 Å². The van der Waals surface area contributed by atoms with Gasteiger partial charge >= 0.3 is 5.97 Å². The van der Waals surface area contributed by atoms with Gasteiger partial charge in [-0.2, -0.15) is 0 Å². The summed E-state index contributed by atoms with van der Waals surface area (Å²) in [6, 6.07) is 10.4. The number of ether oxygens (including phenoxy) is 1. The molecular weight excluding hydrogens is 226 g/mol. The highest BCUT2D eigenvalue weighted by atomic mass is 16.5. The van der Waals surface area contributed by atoms with Crippen LogP contribution in [0.15, 0.2) is 30.3 Å². The second-order valence-corrected chi connectivity index (χ2v) is 4.68. The first-order chi connectivity index (χ1) is 8.81. The minimum absolute atomic E-state index is 0.0988. The van der Waals surface area contributed by atoms with E-state index in [1.54, 1.807) is 0 Å². The van der Waals surface area contributed by atoms with Crippen molar-refractivity contribution >= 4 is 5.97 Å². The molecule has 1 aromatic rings. The summed E-state index contributed by atoms with van der Waals surface area (Å²) in [5, 5.41) is 0. The highest BCUT2D eigenvalue weighted by Crippen LogP contribution is 2.28. The van der Waals surface area contributed by atoms with Gasteiger partial charge in [-0.05, 0) is 38.4 Å². The fourth-order valence-electron chi connectivity index (χ4n) is 2.56. The molecule has 0 unspecified atom stereocenters. The van der Waals surface area contributed by atoms with Crippen LogP contribution in [-0.2, 0) is 9.53 Å². The third-order valence-corrected chi connectivity index (χ3v) is 3.43. The van der Waals surface area contributed by atoms with Gasteiger partial charge in [-0.1, -0.05) is 30.3 Å². The van der Waals surface area contributed by atoms with E-state index >= 15 is 0 Å². The molecular formula is C15H21NO2. The zero-order valence-electron chi connectivity index (χ0n) is 11.0. The van der Waals surface area contributed by atoms with E-state index in [9.17, 15) is 4.79 Å². The monoisotopic (exact) mass is 247 g/mol. The first-order valence-corrected chi connectivity index (χ1v) is 6.76. The third kappa shape index (κ3) is 3.33. The minimum Gasteiger partial charge on any atom is -0.466 e. The molecule has 1 aromatic carbocycles. The summed E-state index contributed by atoms with van der Waals surface area (Å²) in [5.74, 6) is -0.0988. The van der Waals surface area contributed by atoms with E-state index in [4.69, 9.17) is 4.74 Å². The molecule has 0 radical (unpaired) electrons. The SMILES string of the molecule is CCOC(=O)C[C@@H](c1ccccc1)N1CCCC1. The van der Waals surface area contributed by atoms with Crippen LogP contribution in [0.4, 0.5) is 0 Å². The van der Waals surface area contributed by atoms with Crippen molar-refractivity contribution in [2.45, 2.75) is 32.2 Å². The van der Waals surface area contributed by atoms with E-state index in [0.717, 1.165) is 13.1 Å². The Morgan fingerprint density at radius 2 is 1.94 bits per heavy atom. The van der Waals surface area contributed by atoms with Crippen molar-refractivity contribution in [2.75, 3.05) is 19.7 Å². The number of carbonyl (C=O) groups is 1. The molecule has 0 aliphatic carbocycles. The van der Waals surface area contributed by atoms with E-state index in [2.05, 4.69) is 17.0 Å². The number of likely N-dealkylation sites (tertiary alicyclic amines) is 1. The maximum absolute atomic E-state index is 11.7. The Balaban J connectivity index is 2.10. The zero-order chi connectivity index (χ0) is 12.8. The van der Waals surface area contributed by atoms with Gasteiger partial charge in [0.05, 0.1) is 13.0 Å². The third-order valence-electron chi connectivity index (χ3n) is 3.43. The van der Waals surface area contributed by atoms with Gasteiger partial charge in [-0.3, -0.25) is 9.69 Å². The molecule has 1 fully saturated rings. The van der Waals surface area contributed by atoms with Crippen LogP contribution < -0.4 is 0 Å². The van der Waals surface area contributed by atoms with Gasteiger partial charge in [0.2, 0.25) is 0 Å². The maximum atomic E-state index is 11.7. The summed E-state index contributed by atoms with van der Waals surface area (Å²) >= 11 is 0. The molecule has 0 spiro atoms. The largest absolute Gasteiger partial charge is 0.466 e. The molecule has 3 nitrogen and oxygen atoms in total. The fourth-order valence-corrected chi connectivity index (χ4v) is 2.56. The van der Waals surface area contributed by atoms with Crippen LogP contribution >= 0.6 is 0 Å². The second-order valence-electron chi connectivity index (χ2n) is 4.68. The Kier molecular flexibility index (Phi) is 4.76. The maximum Gasteiger partial charge on any atom is 0.307 e. The van der Waals surface area contributed by atoms with Gasteiger partial charge < -0.3 is 4.74 Å². The lowest BCUT2D eigenvalue weighted by atomic mass is 10.0. The molecule has 1 aliphatic rings. The van der Waals surface area contributed by atoms with Gasteiger partial charge in [0.1, 0.15) is 0 Å². The molecule has 1 atom stereocenters. The molecule has 18 heavy (non-hydrogen) atoms. The number of benzene rings is 1. The van der Waals surface area contributed by atoms with Gasteiger partial charge in [0.25, 0.3) is 0 Å². The number of hydrogen-bond donors (Lipinski definition) is 0. The van der Waals surface area contributed by atoms with Crippen LogP contribution in [0.5, 0.6) is 0 Å². The van der Waals surface area contributed by atoms with Crippen LogP contribution in [0.2, 0.25) is 0 Å². The molecule has 2 rings (SSSR count). The van der Waals surface area contributed by atoms with E-state index in [1.807, 2.05) is 25.1 Å². The second kappa shape index (κ2) is 6.55. The molecule has 1 aliphatic heterocycles. The number of esters is 1. The summed E-state index contributed by atoms with van der Waals surface area (Å²) in [6.45, 7) is 4.48. The van der Waals surface area contributed by atoms with E-state index < -0.39 is 0 Å². The minimum atomic E-state index is -0.0988. The van der Waals surface area contributed by atoms with Gasteiger partial charge in [0, 0.05) is 6.04 Å². The average Bonchev–Trinajstić information content (AvgIpc) is 2.91. The number of hydrogen-bond acceptors (Lipinski definition) is 3. The van der Waals surface area contributed by atoms with Crippen molar-refractivity contribution in [3.63, 3.8) is 0 Å². The lowest BCUT2D eigenvalue weighted by molar-refractivity contribution is -0.144. The van der Waals surface area contributed by atoms with Crippen LogP contribution in [-0.4, -0.2) is 30.6 Å². The molecule has 98 valence electrons. The quantitative estimate of drug-likeness (QED) is 0.749. The van der Waals surface area contributed by atoms with Crippen molar-refractivity contribution in [3.05, 3.63) is 35.9 Å². The summed E-state index contributed by atoms with van der Waals surface area (Å²) < 4.78 is 5.09.